The van der Waals surface area contributed by atoms with E-state index in [1.54, 1.807) is 0 Å². The maximum absolute atomic E-state index is 13.6. The van der Waals surface area contributed by atoms with E-state index in [1.165, 1.54) is 6.07 Å². The molecule has 1 aromatic carbocycles. The molecule has 0 unspecified atom stereocenters. The Labute approximate surface area is 117 Å². The van der Waals surface area contributed by atoms with E-state index in [1.807, 2.05) is 6.92 Å². The van der Waals surface area contributed by atoms with E-state index in [2.05, 4.69) is 16.8 Å². The summed E-state index contributed by atoms with van der Waals surface area (Å²) >= 11 is 0. The highest BCUT2D eigenvalue weighted by Gasteiger charge is 2.26. The summed E-state index contributed by atoms with van der Waals surface area (Å²) in [6.45, 7) is 9.08. The van der Waals surface area contributed by atoms with Gasteiger partial charge >= 0.3 is 0 Å². The molecule has 0 amide bonds. The van der Waals surface area contributed by atoms with Crippen molar-refractivity contribution in [3.8, 4) is 5.75 Å². The molecule has 20 heavy (non-hydrogen) atoms. The molecule has 0 radical (unpaired) electrons. The van der Waals surface area contributed by atoms with E-state index < -0.39 is 17.4 Å². The molecular weight excluding hydrogens is 262 g/mol. The van der Waals surface area contributed by atoms with Gasteiger partial charge < -0.3 is 10.4 Å². The highest BCUT2D eigenvalue weighted by Crippen LogP contribution is 2.35. The lowest BCUT2D eigenvalue weighted by Gasteiger charge is -2.35. The quantitative estimate of drug-likeness (QED) is 0.833. The van der Waals surface area contributed by atoms with Gasteiger partial charge in [0.25, 0.3) is 0 Å². The van der Waals surface area contributed by atoms with Crippen molar-refractivity contribution in [2.75, 3.05) is 26.2 Å². The monoisotopic (exact) mass is 282 g/mol. The fourth-order valence-corrected chi connectivity index (χ4v) is 2.58. The first kappa shape index (κ1) is 14.9. The molecule has 110 valence electrons. The number of benzene rings is 1. The molecule has 0 aromatic heterocycles. The molecule has 2 N–H and O–H groups in total. The Hall–Kier alpha value is -1.46. The van der Waals surface area contributed by atoms with Crippen molar-refractivity contribution in [2.24, 2.45) is 0 Å². The average Bonchev–Trinajstić information content (AvgIpc) is 2.44. The molecular formula is C15H20F2N2O. The van der Waals surface area contributed by atoms with Crippen molar-refractivity contribution in [1.82, 2.24) is 10.2 Å². The highest BCUT2D eigenvalue weighted by molar-refractivity contribution is 5.37. The van der Waals surface area contributed by atoms with E-state index in [-0.39, 0.29) is 6.04 Å². The first-order valence-electron chi connectivity index (χ1n) is 6.76. The summed E-state index contributed by atoms with van der Waals surface area (Å²) in [5.41, 5.74) is 1.37. The summed E-state index contributed by atoms with van der Waals surface area (Å²) in [7, 11) is 0. The van der Waals surface area contributed by atoms with Gasteiger partial charge in [-0.05, 0) is 19.4 Å². The van der Waals surface area contributed by atoms with Gasteiger partial charge in [-0.25, -0.2) is 4.39 Å². The molecule has 1 fully saturated rings. The largest absolute Gasteiger partial charge is 0.505 e. The standard InChI is InChI=1S/C15H20F2N2O/c1-10(2)9-13(19-7-5-18-6-8-19)11-3-4-12(16)14(17)15(11)20/h3-4,13,18,20H,1,5-9H2,2H3/t13-/m1/s1. The minimum Gasteiger partial charge on any atom is -0.505 e. The topological polar surface area (TPSA) is 35.5 Å². The first-order chi connectivity index (χ1) is 9.50. The molecule has 2 rings (SSSR count). The second kappa shape index (κ2) is 6.33. The molecule has 0 bridgehead atoms. The predicted molar refractivity (Wildman–Crippen MR) is 74.6 cm³/mol. The van der Waals surface area contributed by atoms with Crippen molar-refractivity contribution >= 4 is 0 Å². The van der Waals surface area contributed by atoms with Crippen molar-refractivity contribution in [2.45, 2.75) is 19.4 Å². The van der Waals surface area contributed by atoms with Crippen LogP contribution in [0.15, 0.2) is 24.3 Å². The molecule has 1 heterocycles. The van der Waals surface area contributed by atoms with E-state index in [0.717, 1.165) is 37.8 Å². The van der Waals surface area contributed by atoms with Crippen LogP contribution >= 0.6 is 0 Å². The van der Waals surface area contributed by atoms with Crippen LogP contribution in [0.2, 0.25) is 0 Å². The molecule has 0 aliphatic carbocycles. The maximum atomic E-state index is 13.6. The van der Waals surface area contributed by atoms with E-state index >= 15 is 0 Å². The van der Waals surface area contributed by atoms with Crippen molar-refractivity contribution in [1.29, 1.82) is 0 Å². The van der Waals surface area contributed by atoms with E-state index in [9.17, 15) is 13.9 Å². The third-order valence-electron chi connectivity index (χ3n) is 3.59. The minimum absolute atomic E-state index is 0.176. The van der Waals surface area contributed by atoms with Gasteiger partial charge in [0.2, 0.25) is 5.82 Å². The van der Waals surface area contributed by atoms with Crippen LogP contribution in [0.1, 0.15) is 24.9 Å². The van der Waals surface area contributed by atoms with Crippen molar-refractivity contribution in [3.63, 3.8) is 0 Å². The highest BCUT2D eigenvalue weighted by atomic mass is 19.2. The lowest BCUT2D eigenvalue weighted by atomic mass is 9.96. The van der Waals surface area contributed by atoms with Gasteiger partial charge in [0.15, 0.2) is 11.6 Å². The molecule has 0 spiro atoms. The Kier molecular flexibility index (Phi) is 4.73. The fraction of sp³-hybridized carbons (Fsp3) is 0.467. The summed E-state index contributed by atoms with van der Waals surface area (Å²) < 4.78 is 26.7. The number of phenols is 1. The Balaban J connectivity index is 2.35. The van der Waals surface area contributed by atoms with Crippen LogP contribution in [0.25, 0.3) is 0 Å². The van der Waals surface area contributed by atoms with Crippen LogP contribution < -0.4 is 5.32 Å². The number of halogens is 2. The summed E-state index contributed by atoms with van der Waals surface area (Å²) in [5, 5.41) is 13.2. The summed E-state index contributed by atoms with van der Waals surface area (Å²) in [6, 6.07) is 2.35. The van der Waals surface area contributed by atoms with Gasteiger partial charge in [-0.2, -0.15) is 4.39 Å². The molecule has 1 aromatic rings. The molecule has 0 saturated carbocycles. The van der Waals surface area contributed by atoms with Crippen molar-refractivity contribution < 1.29 is 13.9 Å². The predicted octanol–water partition coefficient (Wildman–Crippen LogP) is 2.58. The molecule has 1 saturated heterocycles. The Morgan fingerprint density at radius 1 is 1.40 bits per heavy atom. The SMILES string of the molecule is C=C(C)C[C@H](c1ccc(F)c(F)c1O)N1CCNCC1. The summed E-state index contributed by atoms with van der Waals surface area (Å²) in [6.07, 6.45) is 0.610. The number of aromatic hydroxyl groups is 1. The lowest BCUT2D eigenvalue weighted by molar-refractivity contribution is 0.169. The van der Waals surface area contributed by atoms with Crippen LogP contribution in [-0.4, -0.2) is 36.2 Å². The van der Waals surface area contributed by atoms with Gasteiger partial charge in [0, 0.05) is 37.8 Å². The number of phenolic OH excluding ortho intramolecular Hbond substituents is 1. The van der Waals surface area contributed by atoms with Gasteiger partial charge in [-0.3, -0.25) is 4.90 Å². The molecule has 1 atom stereocenters. The van der Waals surface area contributed by atoms with Crippen LogP contribution in [0.5, 0.6) is 5.75 Å². The summed E-state index contributed by atoms with van der Waals surface area (Å²) in [4.78, 5) is 2.16. The van der Waals surface area contributed by atoms with Gasteiger partial charge in [-0.1, -0.05) is 11.6 Å². The van der Waals surface area contributed by atoms with Crippen LogP contribution in [0, 0.1) is 11.6 Å². The van der Waals surface area contributed by atoms with Crippen molar-refractivity contribution in [3.05, 3.63) is 41.5 Å². The summed E-state index contributed by atoms with van der Waals surface area (Å²) in [5.74, 6) is -2.79. The van der Waals surface area contributed by atoms with Crippen LogP contribution in [0.4, 0.5) is 8.78 Å². The number of hydrogen-bond donors (Lipinski definition) is 2. The third kappa shape index (κ3) is 3.16. The third-order valence-corrected chi connectivity index (χ3v) is 3.59. The van der Waals surface area contributed by atoms with E-state index in [0.29, 0.717) is 12.0 Å². The number of nitrogens with zero attached hydrogens (tertiary/aromatic N) is 1. The maximum Gasteiger partial charge on any atom is 0.200 e. The van der Waals surface area contributed by atoms with Crippen LogP contribution in [0.3, 0.4) is 0 Å². The Morgan fingerprint density at radius 3 is 2.65 bits per heavy atom. The van der Waals surface area contributed by atoms with Crippen LogP contribution in [-0.2, 0) is 0 Å². The zero-order valence-electron chi connectivity index (χ0n) is 11.6. The lowest BCUT2D eigenvalue weighted by Crippen LogP contribution is -2.45. The average molecular weight is 282 g/mol. The second-order valence-electron chi connectivity index (χ2n) is 5.26. The number of piperazine rings is 1. The zero-order chi connectivity index (χ0) is 14.7. The normalized spacial score (nSPS) is 17.9. The van der Waals surface area contributed by atoms with E-state index in [4.69, 9.17) is 0 Å². The van der Waals surface area contributed by atoms with Gasteiger partial charge in [0.05, 0.1) is 0 Å². The number of nitrogens with one attached hydrogen (secondary N) is 1. The number of rotatable bonds is 4. The molecule has 5 heteroatoms. The second-order valence-corrected chi connectivity index (χ2v) is 5.26. The smallest absolute Gasteiger partial charge is 0.200 e. The molecule has 1 aliphatic rings. The zero-order valence-corrected chi connectivity index (χ0v) is 11.6. The number of hydrogen-bond acceptors (Lipinski definition) is 3. The Morgan fingerprint density at radius 2 is 2.05 bits per heavy atom. The first-order valence-corrected chi connectivity index (χ1v) is 6.76. The minimum atomic E-state index is -1.18. The fourth-order valence-electron chi connectivity index (χ4n) is 2.58. The van der Waals surface area contributed by atoms with Gasteiger partial charge in [-0.15, -0.1) is 6.58 Å². The molecule has 3 nitrogen and oxygen atoms in total. The van der Waals surface area contributed by atoms with Gasteiger partial charge in [0.1, 0.15) is 0 Å². The molecule has 1 aliphatic heterocycles. The Bertz CT molecular complexity index is 499.